The van der Waals surface area contributed by atoms with E-state index in [0.717, 1.165) is 6.20 Å². The molecule has 0 radical (unpaired) electrons. The molecule has 184 valence electrons. The van der Waals surface area contributed by atoms with Crippen LogP contribution in [-0.4, -0.2) is 94.7 Å². The molecule has 2 saturated carbocycles. The quantitative estimate of drug-likeness (QED) is 0.302. The summed E-state index contributed by atoms with van der Waals surface area (Å²) in [6.45, 7) is 1.99. The van der Waals surface area contributed by atoms with E-state index in [-0.39, 0.29) is 12.3 Å². The Hall–Kier alpha value is -1.73. The molecule has 3 aliphatic rings. The summed E-state index contributed by atoms with van der Waals surface area (Å²) in [4.78, 5) is 16.6. The largest absolute Gasteiger partial charge is 0.390 e. The van der Waals surface area contributed by atoms with Gasteiger partial charge in [0.05, 0.1) is 36.8 Å². The highest BCUT2D eigenvalue weighted by Crippen LogP contribution is 2.44. The van der Waals surface area contributed by atoms with Crippen molar-refractivity contribution < 1.29 is 34.0 Å². The van der Waals surface area contributed by atoms with Gasteiger partial charge in [-0.3, -0.25) is 9.78 Å². The zero-order valence-corrected chi connectivity index (χ0v) is 18.9. The van der Waals surface area contributed by atoms with Crippen LogP contribution in [0.4, 0.5) is 4.39 Å². The van der Waals surface area contributed by atoms with Crippen LogP contribution in [0.5, 0.6) is 0 Å². The number of carbonyl (C=O) groups is 1. The van der Waals surface area contributed by atoms with Gasteiger partial charge in [-0.15, -0.1) is 0 Å². The van der Waals surface area contributed by atoms with Crippen molar-refractivity contribution >= 4 is 5.91 Å². The number of likely N-dealkylation sites (N-methyl/N-ethyl adjacent to an activating group) is 2. The topological polar surface area (TPSA) is 145 Å². The first-order valence-electron chi connectivity index (χ1n) is 11.3. The van der Waals surface area contributed by atoms with Crippen LogP contribution in [0.15, 0.2) is 18.3 Å². The number of pyridine rings is 1. The Morgan fingerprint density at radius 3 is 2.55 bits per heavy atom. The van der Waals surface area contributed by atoms with Gasteiger partial charge >= 0.3 is 0 Å². The predicted octanol–water partition coefficient (Wildman–Crippen LogP) is -1.57. The van der Waals surface area contributed by atoms with Gasteiger partial charge in [-0.1, -0.05) is 6.92 Å². The molecule has 10 atom stereocenters. The highest BCUT2D eigenvalue weighted by molar-refractivity contribution is 5.78. The van der Waals surface area contributed by atoms with Crippen LogP contribution in [0.2, 0.25) is 0 Å². The first-order chi connectivity index (χ1) is 15.7. The van der Waals surface area contributed by atoms with Crippen molar-refractivity contribution in [2.75, 3.05) is 14.1 Å². The van der Waals surface area contributed by atoms with Gasteiger partial charge in [-0.25, -0.2) is 4.39 Å². The first kappa shape index (κ1) is 24.4. The van der Waals surface area contributed by atoms with Crippen LogP contribution in [-0.2, 0) is 20.7 Å². The van der Waals surface area contributed by atoms with E-state index in [9.17, 15) is 24.5 Å². The van der Waals surface area contributed by atoms with Crippen molar-refractivity contribution in [3.8, 4) is 0 Å². The summed E-state index contributed by atoms with van der Waals surface area (Å²) in [6.07, 6.45) is -2.57. The van der Waals surface area contributed by atoms with Crippen LogP contribution in [0.3, 0.4) is 0 Å². The van der Waals surface area contributed by atoms with E-state index in [2.05, 4.69) is 20.9 Å². The Morgan fingerprint density at radius 1 is 1.18 bits per heavy atom. The van der Waals surface area contributed by atoms with E-state index in [4.69, 9.17) is 9.47 Å². The average molecular weight is 469 g/mol. The Morgan fingerprint density at radius 2 is 1.91 bits per heavy atom. The molecule has 10 nitrogen and oxygen atoms in total. The molecule has 0 spiro atoms. The lowest BCUT2D eigenvalue weighted by atomic mass is 9.75. The molecule has 1 aromatic heterocycles. The van der Waals surface area contributed by atoms with Crippen molar-refractivity contribution in [2.24, 2.45) is 5.92 Å². The highest BCUT2D eigenvalue weighted by atomic mass is 19.1. The molecule has 2 heterocycles. The smallest absolute Gasteiger partial charge is 0.226 e. The number of nitrogens with one attached hydrogen (secondary N) is 3. The molecule has 4 rings (SSSR count). The van der Waals surface area contributed by atoms with Crippen LogP contribution in [0.25, 0.3) is 0 Å². The Kier molecular flexibility index (Phi) is 7.02. The number of hydrogen-bond donors (Lipinski definition) is 6. The van der Waals surface area contributed by atoms with E-state index in [1.807, 2.05) is 6.92 Å². The molecule has 1 saturated heterocycles. The van der Waals surface area contributed by atoms with Gasteiger partial charge in [-0.05, 0) is 45.0 Å². The van der Waals surface area contributed by atoms with Crippen LogP contribution in [0, 0.1) is 11.7 Å². The summed E-state index contributed by atoms with van der Waals surface area (Å²) < 4.78 is 25.5. The number of carbonyl (C=O) groups excluding carboxylic acids is 1. The number of hydrogen-bond acceptors (Lipinski definition) is 9. The molecule has 1 amide bonds. The first-order valence-corrected chi connectivity index (χ1v) is 11.3. The molecule has 3 fully saturated rings. The third kappa shape index (κ3) is 4.51. The number of aliphatic hydroxyl groups is 3. The number of nitrogens with zero attached hydrogens (tertiary/aromatic N) is 1. The maximum absolute atomic E-state index is 13.1. The normalized spacial score (nSPS) is 42.8. The average Bonchev–Trinajstić information content (AvgIpc) is 2.76. The van der Waals surface area contributed by atoms with Gasteiger partial charge in [0.15, 0.2) is 0 Å². The number of ether oxygens (including phenoxy) is 2. The summed E-state index contributed by atoms with van der Waals surface area (Å²) in [5.41, 5.74) is 0.397. The minimum Gasteiger partial charge on any atom is -0.390 e. The number of aliphatic hydroxyl groups excluding tert-OH is 2. The fourth-order valence-electron chi connectivity index (χ4n) is 5.43. The SMILES string of the molecule is CN[C@@H]1[C@H](O)[C@H](NC)[C@H]2O[C@@]3(O)[C@H](NC(=O)Cc4ccc(F)cn4)C[C@@H](C)C[C@H]3O[C@@H]2[C@H]1O. The van der Waals surface area contributed by atoms with Crippen LogP contribution in [0.1, 0.15) is 25.5 Å². The van der Waals surface area contributed by atoms with Crippen LogP contribution >= 0.6 is 0 Å². The van der Waals surface area contributed by atoms with Gasteiger partial charge < -0.3 is 40.7 Å². The van der Waals surface area contributed by atoms with Gasteiger partial charge in [0.1, 0.15) is 30.2 Å². The second-order valence-electron chi connectivity index (χ2n) is 9.37. The number of aromatic nitrogens is 1. The zero-order valence-electron chi connectivity index (χ0n) is 18.9. The lowest BCUT2D eigenvalue weighted by Crippen LogP contribution is -2.78. The summed E-state index contributed by atoms with van der Waals surface area (Å²) in [6, 6.07) is 0.615. The third-order valence-corrected chi connectivity index (χ3v) is 7.11. The summed E-state index contributed by atoms with van der Waals surface area (Å²) in [5.74, 6) is -2.62. The monoisotopic (exact) mass is 468 g/mol. The highest BCUT2D eigenvalue weighted by Gasteiger charge is 2.62. The number of fused-ring (bicyclic) bond motifs is 2. The lowest BCUT2D eigenvalue weighted by Gasteiger charge is -2.58. The summed E-state index contributed by atoms with van der Waals surface area (Å²) in [7, 11) is 3.31. The van der Waals surface area contributed by atoms with Gasteiger partial charge in [-0.2, -0.15) is 0 Å². The molecule has 0 bridgehead atoms. The second kappa shape index (κ2) is 9.49. The van der Waals surface area contributed by atoms with Gasteiger partial charge in [0.2, 0.25) is 11.7 Å². The minimum atomic E-state index is -1.85. The maximum Gasteiger partial charge on any atom is 0.226 e. The van der Waals surface area contributed by atoms with Crippen molar-refractivity contribution in [3.63, 3.8) is 0 Å². The fraction of sp³-hybridized carbons (Fsp3) is 0.727. The molecule has 0 aromatic carbocycles. The minimum absolute atomic E-state index is 0.0841. The fourth-order valence-corrected chi connectivity index (χ4v) is 5.43. The van der Waals surface area contributed by atoms with E-state index >= 15 is 0 Å². The molecule has 6 N–H and O–H groups in total. The number of rotatable bonds is 5. The number of amides is 1. The van der Waals surface area contributed by atoms with Crippen molar-refractivity contribution in [3.05, 3.63) is 29.8 Å². The molecule has 0 unspecified atom stereocenters. The summed E-state index contributed by atoms with van der Waals surface area (Å²) in [5, 5.41) is 42.0. The van der Waals surface area contributed by atoms with E-state index in [1.165, 1.54) is 12.1 Å². The van der Waals surface area contributed by atoms with Gasteiger partial charge in [0, 0.05) is 5.69 Å². The Labute approximate surface area is 191 Å². The van der Waals surface area contributed by atoms with Crippen molar-refractivity contribution in [2.45, 2.75) is 80.6 Å². The molecule has 1 aliphatic heterocycles. The number of halogens is 1. The van der Waals surface area contributed by atoms with Crippen molar-refractivity contribution in [1.82, 2.24) is 20.9 Å². The molecule has 1 aromatic rings. The van der Waals surface area contributed by atoms with Crippen LogP contribution < -0.4 is 16.0 Å². The summed E-state index contributed by atoms with van der Waals surface area (Å²) >= 11 is 0. The Bertz CT molecular complexity index is 847. The molecular formula is C22H33FN4O6. The molecule has 33 heavy (non-hydrogen) atoms. The van der Waals surface area contributed by atoms with E-state index in [0.29, 0.717) is 18.5 Å². The lowest BCUT2D eigenvalue weighted by molar-refractivity contribution is -0.392. The second-order valence-corrected chi connectivity index (χ2v) is 9.37. The van der Waals surface area contributed by atoms with E-state index in [1.54, 1.807) is 14.1 Å². The van der Waals surface area contributed by atoms with Crippen molar-refractivity contribution in [1.29, 1.82) is 0 Å². The molecular weight excluding hydrogens is 435 g/mol. The maximum atomic E-state index is 13.1. The third-order valence-electron chi connectivity index (χ3n) is 7.11. The molecule has 11 heteroatoms. The Balaban J connectivity index is 1.55. The van der Waals surface area contributed by atoms with Gasteiger partial charge in [0.25, 0.3) is 0 Å². The predicted molar refractivity (Wildman–Crippen MR) is 114 cm³/mol. The molecule has 2 aliphatic carbocycles. The standard InChI is InChI=1S/C22H33FN4O6/c1-10-6-13(27-15(28)8-12-5-4-11(23)9-26-12)22(31)14(7-10)32-21-19(30)16(24-2)18(29)17(25-3)20(21)33-22/h4-5,9-10,13-14,16-21,24-25,29-31H,6-8H2,1-3H3,(H,27,28)/t10-,13-,14-,16-,17+,18+,19+,20-,21-,22+/m1/s1. The zero-order chi connectivity index (χ0) is 23.9. The van der Waals surface area contributed by atoms with E-state index < -0.39 is 66.2 Å².